The van der Waals surface area contributed by atoms with Crippen LogP contribution in [0.3, 0.4) is 0 Å². The third kappa shape index (κ3) is 2.72. The summed E-state index contributed by atoms with van der Waals surface area (Å²) >= 11 is 0. The van der Waals surface area contributed by atoms with E-state index in [1.54, 1.807) is 6.33 Å². The monoisotopic (exact) mass is 346 g/mol. The summed E-state index contributed by atoms with van der Waals surface area (Å²) in [5, 5.41) is 8.00. The molecule has 2 saturated carbocycles. The molecule has 1 aliphatic heterocycles. The van der Waals surface area contributed by atoms with Gasteiger partial charge in [0.15, 0.2) is 5.96 Å². The SMILES string of the molecule is CCN=C(NC1C2CCOC2C12CCCC2)N(C)Cc1ncnn1C. The Morgan fingerprint density at radius 2 is 2.28 bits per heavy atom. The molecule has 0 radical (unpaired) electrons. The highest BCUT2D eigenvalue weighted by atomic mass is 16.5. The summed E-state index contributed by atoms with van der Waals surface area (Å²) in [7, 11) is 4.01. The van der Waals surface area contributed by atoms with Crippen LogP contribution >= 0.6 is 0 Å². The van der Waals surface area contributed by atoms with Crippen molar-refractivity contribution in [3.63, 3.8) is 0 Å². The van der Waals surface area contributed by atoms with Crippen LogP contribution in [-0.4, -0.2) is 58.0 Å². The van der Waals surface area contributed by atoms with Crippen molar-refractivity contribution < 1.29 is 4.74 Å². The smallest absolute Gasteiger partial charge is 0.194 e. The Morgan fingerprint density at radius 1 is 1.48 bits per heavy atom. The highest BCUT2D eigenvalue weighted by Gasteiger charge is 2.65. The molecule has 1 N–H and O–H groups in total. The first-order valence-electron chi connectivity index (χ1n) is 9.62. The predicted molar refractivity (Wildman–Crippen MR) is 96.1 cm³/mol. The second-order valence-corrected chi connectivity index (χ2v) is 7.76. The first-order valence-corrected chi connectivity index (χ1v) is 9.62. The molecule has 1 saturated heterocycles. The Hall–Kier alpha value is -1.63. The zero-order valence-corrected chi connectivity index (χ0v) is 15.6. The van der Waals surface area contributed by atoms with Gasteiger partial charge in [-0.05, 0) is 26.2 Å². The van der Waals surface area contributed by atoms with Crippen LogP contribution in [0.15, 0.2) is 11.3 Å². The summed E-state index contributed by atoms with van der Waals surface area (Å²) in [4.78, 5) is 11.3. The lowest BCUT2D eigenvalue weighted by Gasteiger charge is -2.57. The number of hydrogen-bond donors (Lipinski definition) is 1. The van der Waals surface area contributed by atoms with Crippen LogP contribution in [0, 0.1) is 11.3 Å². The highest BCUT2D eigenvalue weighted by Crippen LogP contribution is 2.60. The van der Waals surface area contributed by atoms with E-state index in [1.165, 1.54) is 32.1 Å². The molecule has 3 fully saturated rings. The lowest BCUT2D eigenvalue weighted by molar-refractivity contribution is -0.125. The predicted octanol–water partition coefficient (Wildman–Crippen LogP) is 1.56. The van der Waals surface area contributed by atoms with E-state index >= 15 is 0 Å². The van der Waals surface area contributed by atoms with Crippen molar-refractivity contribution in [2.75, 3.05) is 20.2 Å². The molecular formula is C18H30N6O. The van der Waals surface area contributed by atoms with Gasteiger partial charge in [-0.25, -0.2) is 4.98 Å². The lowest BCUT2D eigenvalue weighted by atomic mass is 9.54. The molecule has 1 spiro atoms. The van der Waals surface area contributed by atoms with Gasteiger partial charge in [-0.1, -0.05) is 12.8 Å². The quantitative estimate of drug-likeness (QED) is 0.662. The van der Waals surface area contributed by atoms with E-state index in [9.17, 15) is 0 Å². The van der Waals surface area contributed by atoms with E-state index in [2.05, 4.69) is 34.3 Å². The van der Waals surface area contributed by atoms with Crippen LogP contribution in [0.4, 0.5) is 0 Å². The number of nitrogens with zero attached hydrogens (tertiary/aromatic N) is 5. The van der Waals surface area contributed by atoms with Gasteiger partial charge in [0.1, 0.15) is 12.2 Å². The number of aromatic nitrogens is 3. The number of aliphatic imine (C=N–C) groups is 1. The van der Waals surface area contributed by atoms with Gasteiger partial charge < -0.3 is 15.0 Å². The minimum absolute atomic E-state index is 0.335. The van der Waals surface area contributed by atoms with Crippen LogP contribution in [0.5, 0.6) is 0 Å². The van der Waals surface area contributed by atoms with E-state index < -0.39 is 0 Å². The number of ether oxygens (including phenoxy) is 1. The van der Waals surface area contributed by atoms with Gasteiger partial charge in [-0.2, -0.15) is 5.10 Å². The molecule has 7 heteroatoms. The van der Waals surface area contributed by atoms with Crippen molar-refractivity contribution in [1.82, 2.24) is 25.0 Å². The fourth-order valence-corrected chi connectivity index (χ4v) is 5.22. The second kappa shape index (κ2) is 6.59. The summed E-state index contributed by atoms with van der Waals surface area (Å²) in [6.07, 6.45) is 8.50. The largest absolute Gasteiger partial charge is 0.377 e. The van der Waals surface area contributed by atoms with Crippen molar-refractivity contribution in [3.05, 3.63) is 12.2 Å². The molecule has 2 aliphatic carbocycles. The van der Waals surface area contributed by atoms with Gasteiger partial charge in [0.05, 0.1) is 12.6 Å². The summed E-state index contributed by atoms with van der Waals surface area (Å²) in [5.74, 6) is 2.56. The number of fused-ring (bicyclic) bond motifs is 2. The van der Waals surface area contributed by atoms with Gasteiger partial charge in [0, 0.05) is 44.6 Å². The molecule has 2 heterocycles. The third-order valence-electron chi connectivity index (χ3n) is 6.42. The van der Waals surface area contributed by atoms with Gasteiger partial charge in [-0.3, -0.25) is 9.67 Å². The average Bonchev–Trinajstić information content (AvgIpc) is 3.32. The van der Waals surface area contributed by atoms with Crippen molar-refractivity contribution in [3.8, 4) is 0 Å². The number of nitrogens with one attached hydrogen (secondary N) is 1. The molecular weight excluding hydrogens is 316 g/mol. The van der Waals surface area contributed by atoms with Crippen LogP contribution in [0.2, 0.25) is 0 Å². The average molecular weight is 346 g/mol. The van der Waals surface area contributed by atoms with Crippen LogP contribution < -0.4 is 5.32 Å². The molecule has 25 heavy (non-hydrogen) atoms. The molecule has 0 amide bonds. The Bertz CT molecular complexity index is 635. The van der Waals surface area contributed by atoms with Crippen molar-refractivity contribution >= 4 is 5.96 Å². The number of guanidine groups is 1. The summed E-state index contributed by atoms with van der Waals surface area (Å²) < 4.78 is 7.93. The number of rotatable bonds is 4. The third-order valence-corrected chi connectivity index (χ3v) is 6.42. The van der Waals surface area contributed by atoms with Gasteiger partial charge in [0.25, 0.3) is 0 Å². The van der Waals surface area contributed by atoms with Gasteiger partial charge in [-0.15, -0.1) is 0 Å². The van der Waals surface area contributed by atoms with E-state index in [-0.39, 0.29) is 0 Å². The zero-order valence-electron chi connectivity index (χ0n) is 15.6. The van der Waals surface area contributed by atoms with Gasteiger partial charge in [0.2, 0.25) is 0 Å². The van der Waals surface area contributed by atoms with E-state index in [1.807, 2.05) is 11.7 Å². The topological polar surface area (TPSA) is 67.6 Å². The minimum Gasteiger partial charge on any atom is -0.377 e. The Labute approximate surface area is 149 Å². The van der Waals surface area contributed by atoms with E-state index in [0.29, 0.717) is 30.0 Å². The van der Waals surface area contributed by atoms with Crippen molar-refractivity contribution in [2.45, 2.75) is 57.7 Å². The highest BCUT2D eigenvalue weighted by molar-refractivity contribution is 5.80. The first-order chi connectivity index (χ1) is 12.2. The Kier molecular flexibility index (Phi) is 4.43. The van der Waals surface area contributed by atoms with Crippen molar-refractivity contribution in [1.29, 1.82) is 0 Å². The van der Waals surface area contributed by atoms with Crippen LogP contribution in [0.25, 0.3) is 0 Å². The van der Waals surface area contributed by atoms with Gasteiger partial charge >= 0.3 is 0 Å². The summed E-state index contributed by atoms with van der Waals surface area (Å²) in [5.41, 5.74) is 0.335. The van der Waals surface area contributed by atoms with Crippen LogP contribution in [-0.2, 0) is 18.3 Å². The Balaban J connectivity index is 1.50. The molecule has 4 rings (SSSR count). The molecule has 3 aliphatic rings. The molecule has 138 valence electrons. The number of aryl methyl sites for hydroxylation is 1. The van der Waals surface area contributed by atoms with Crippen LogP contribution in [0.1, 0.15) is 44.9 Å². The summed E-state index contributed by atoms with van der Waals surface area (Å²) in [6.45, 7) is 4.48. The molecule has 0 bridgehead atoms. The zero-order chi connectivity index (χ0) is 17.4. The summed E-state index contributed by atoms with van der Waals surface area (Å²) in [6, 6.07) is 0.495. The molecule has 3 unspecified atom stereocenters. The van der Waals surface area contributed by atoms with E-state index in [0.717, 1.165) is 24.9 Å². The first kappa shape index (κ1) is 16.8. The maximum absolute atomic E-state index is 6.11. The van der Waals surface area contributed by atoms with Crippen molar-refractivity contribution in [2.24, 2.45) is 23.4 Å². The second-order valence-electron chi connectivity index (χ2n) is 7.76. The molecule has 7 nitrogen and oxygen atoms in total. The lowest BCUT2D eigenvalue weighted by Crippen LogP contribution is -2.69. The normalized spacial score (nSPS) is 30.4. The fraction of sp³-hybridized carbons (Fsp3) is 0.833. The molecule has 3 atom stereocenters. The maximum atomic E-state index is 6.11. The standard InChI is InChI=1S/C18H30N6O/c1-4-19-17(23(2)11-14-20-12-21-24(14)3)22-15-13-7-10-25-16(13)18(15)8-5-6-9-18/h12-13,15-16H,4-11H2,1-3H3,(H,19,22). The number of hydrogen-bond acceptors (Lipinski definition) is 4. The molecule has 0 aromatic carbocycles. The minimum atomic E-state index is 0.335. The Morgan fingerprint density at radius 3 is 2.96 bits per heavy atom. The van der Waals surface area contributed by atoms with E-state index in [4.69, 9.17) is 9.73 Å². The fourth-order valence-electron chi connectivity index (χ4n) is 5.22. The molecule has 1 aromatic heterocycles. The maximum Gasteiger partial charge on any atom is 0.194 e. The molecule has 1 aromatic rings.